The number of nitrogens with two attached hydrogens (primary N) is 1. The maximum Gasteiger partial charge on any atom is 0.0377 e. The highest BCUT2D eigenvalue weighted by Gasteiger charge is 2.25. The summed E-state index contributed by atoms with van der Waals surface area (Å²) < 4.78 is 0. The van der Waals surface area contributed by atoms with Crippen LogP contribution in [-0.4, -0.2) is 42.1 Å². The number of hydrazine groups is 1. The van der Waals surface area contributed by atoms with E-state index in [0.717, 1.165) is 6.54 Å². The summed E-state index contributed by atoms with van der Waals surface area (Å²) in [6.07, 6.45) is 1.21. The Labute approximate surface area is 69.1 Å². The van der Waals surface area contributed by atoms with Crippen LogP contribution in [0.15, 0.2) is 0 Å². The van der Waals surface area contributed by atoms with Crippen LogP contribution >= 0.6 is 0 Å². The second-order valence-corrected chi connectivity index (χ2v) is 3.70. The van der Waals surface area contributed by atoms with Crippen LogP contribution in [0.4, 0.5) is 0 Å². The molecule has 1 unspecified atom stereocenters. The molecule has 0 radical (unpaired) electrons. The normalized spacial score (nSPS) is 27.3. The Balaban J connectivity index is 2.35. The fourth-order valence-electron chi connectivity index (χ4n) is 1.57. The molecule has 0 aromatic rings. The molecule has 0 bridgehead atoms. The van der Waals surface area contributed by atoms with E-state index in [1.165, 1.54) is 13.0 Å². The summed E-state index contributed by atoms with van der Waals surface area (Å²) in [7, 11) is 1.95. The lowest BCUT2D eigenvalue weighted by molar-refractivity contribution is 0.217. The Morgan fingerprint density at radius 2 is 2.18 bits per heavy atom. The van der Waals surface area contributed by atoms with Gasteiger partial charge in [-0.25, -0.2) is 5.01 Å². The first-order valence-electron chi connectivity index (χ1n) is 4.33. The van der Waals surface area contributed by atoms with Gasteiger partial charge in [0.1, 0.15) is 0 Å². The molecule has 1 fully saturated rings. The molecule has 1 saturated heterocycles. The lowest BCUT2D eigenvalue weighted by atomic mass is 10.3. The van der Waals surface area contributed by atoms with Crippen LogP contribution in [0.5, 0.6) is 0 Å². The van der Waals surface area contributed by atoms with E-state index in [0.29, 0.717) is 12.1 Å². The summed E-state index contributed by atoms with van der Waals surface area (Å²) in [6.45, 7) is 6.80. The largest absolute Gasteiger partial charge is 0.299 e. The molecule has 0 aromatic heterocycles. The molecule has 1 heterocycles. The number of hydrogen-bond acceptors (Lipinski definition) is 3. The third-order valence-electron chi connectivity index (χ3n) is 2.50. The van der Waals surface area contributed by atoms with Gasteiger partial charge in [-0.15, -0.1) is 0 Å². The summed E-state index contributed by atoms with van der Waals surface area (Å²) in [5.74, 6) is 5.67. The number of hydrogen-bond donors (Lipinski definition) is 1. The minimum absolute atomic E-state index is 0.567. The highest BCUT2D eigenvalue weighted by atomic mass is 15.4. The molecular formula is C8H19N3. The summed E-state index contributed by atoms with van der Waals surface area (Å²) in [5, 5.41) is 1.84. The SMILES string of the molecule is CC(C)N1CCC(N(C)N)C1. The van der Waals surface area contributed by atoms with Crippen molar-refractivity contribution in [2.75, 3.05) is 20.1 Å². The second kappa shape index (κ2) is 3.52. The summed E-state index contributed by atoms with van der Waals surface area (Å²) in [5.41, 5.74) is 0. The first-order valence-corrected chi connectivity index (χ1v) is 4.33. The zero-order chi connectivity index (χ0) is 8.43. The van der Waals surface area contributed by atoms with Crippen molar-refractivity contribution in [1.29, 1.82) is 0 Å². The predicted molar refractivity (Wildman–Crippen MR) is 47.1 cm³/mol. The summed E-state index contributed by atoms with van der Waals surface area (Å²) in [6, 6.07) is 1.23. The van der Waals surface area contributed by atoms with E-state index in [9.17, 15) is 0 Å². The van der Waals surface area contributed by atoms with Crippen molar-refractivity contribution in [3.05, 3.63) is 0 Å². The first-order chi connectivity index (χ1) is 5.11. The molecule has 1 atom stereocenters. The molecule has 0 aromatic carbocycles. The fraction of sp³-hybridized carbons (Fsp3) is 1.00. The van der Waals surface area contributed by atoms with Crippen molar-refractivity contribution < 1.29 is 0 Å². The van der Waals surface area contributed by atoms with Crippen molar-refractivity contribution in [3.63, 3.8) is 0 Å². The predicted octanol–water partition coefficient (Wildman–Crippen LogP) is 0.275. The van der Waals surface area contributed by atoms with Gasteiger partial charge in [0.15, 0.2) is 0 Å². The van der Waals surface area contributed by atoms with Crippen molar-refractivity contribution in [2.45, 2.75) is 32.4 Å². The minimum atomic E-state index is 0.567. The van der Waals surface area contributed by atoms with E-state index in [4.69, 9.17) is 5.84 Å². The van der Waals surface area contributed by atoms with E-state index in [2.05, 4.69) is 18.7 Å². The molecule has 11 heavy (non-hydrogen) atoms. The van der Waals surface area contributed by atoms with Gasteiger partial charge in [0.25, 0.3) is 0 Å². The topological polar surface area (TPSA) is 32.5 Å². The Kier molecular flexibility index (Phi) is 2.87. The van der Waals surface area contributed by atoms with Crippen molar-refractivity contribution in [2.24, 2.45) is 5.84 Å². The molecule has 1 rings (SSSR count). The van der Waals surface area contributed by atoms with Crippen LogP contribution in [-0.2, 0) is 0 Å². The molecule has 3 nitrogen and oxygen atoms in total. The van der Waals surface area contributed by atoms with Gasteiger partial charge >= 0.3 is 0 Å². The maximum absolute atomic E-state index is 5.67. The van der Waals surface area contributed by atoms with Crippen LogP contribution in [0.2, 0.25) is 0 Å². The Morgan fingerprint density at radius 3 is 2.45 bits per heavy atom. The summed E-state index contributed by atoms with van der Waals surface area (Å²) in [4.78, 5) is 2.47. The third kappa shape index (κ3) is 2.15. The van der Waals surface area contributed by atoms with Crippen molar-refractivity contribution >= 4 is 0 Å². The van der Waals surface area contributed by atoms with E-state index < -0.39 is 0 Å². The van der Waals surface area contributed by atoms with Crippen LogP contribution in [0.1, 0.15) is 20.3 Å². The van der Waals surface area contributed by atoms with E-state index in [-0.39, 0.29) is 0 Å². The molecule has 0 saturated carbocycles. The molecule has 0 spiro atoms. The van der Waals surface area contributed by atoms with Gasteiger partial charge in [0.2, 0.25) is 0 Å². The Hall–Kier alpha value is -0.120. The third-order valence-corrected chi connectivity index (χ3v) is 2.50. The second-order valence-electron chi connectivity index (χ2n) is 3.70. The van der Waals surface area contributed by atoms with E-state index >= 15 is 0 Å². The van der Waals surface area contributed by atoms with Crippen LogP contribution in [0.25, 0.3) is 0 Å². The maximum atomic E-state index is 5.67. The first kappa shape index (κ1) is 8.97. The number of nitrogens with zero attached hydrogens (tertiary/aromatic N) is 2. The molecule has 1 aliphatic rings. The van der Waals surface area contributed by atoms with Crippen molar-refractivity contribution in [3.8, 4) is 0 Å². The quantitative estimate of drug-likeness (QED) is 0.461. The van der Waals surface area contributed by atoms with Crippen LogP contribution in [0, 0.1) is 0 Å². The zero-order valence-electron chi connectivity index (χ0n) is 7.75. The average Bonchev–Trinajstić information content (AvgIpc) is 2.33. The minimum Gasteiger partial charge on any atom is -0.299 e. The number of likely N-dealkylation sites (N-methyl/N-ethyl adjacent to an activating group) is 1. The molecule has 0 aliphatic carbocycles. The summed E-state index contributed by atoms with van der Waals surface area (Å²) >= 11 is 0. The van der Waals surface area contributed by atoms with Crippen LogP contribution < -0.4 is 5.84 Å². The molecular weight excluding hydrogens is 138 g/mol. The monoisotopic (exact) mass is 157 g/mol. The molecule has 3 heteroatoms. The zero-order valence-corrected chi connectivity index (χ0v) is 7.75. The van der Waals surface area contributed by atoms with Gasteiger partial charge < -0.3 is 0 Å². The number of likely N-dealkylation sites (tertiary alicyclic amines) is 1. The Bertz CT molecular complexity index is 109. The van der Waals surface area contributed by atoms with E-state index in [1.54, 1.807) is 0 Å². The fourth-order valence-corrected chi connectivity index (χ4v) is 1.57. The smallest absolute Gasteiger partial charge is 0.0377 e. The average molecular weight is 157 g/mol. The molecule has 0 amide bonds. The standard InChI is InChI=1S/C8H19N3/c1-7(2)11-5-4-8(6-11)10(3)9/h7-8H,4-6,9H2,1-3H3. The molecule has 1 aliphatic heterocycles. The van der Waals surface area contributed by atoms with Gasteiger partial charge in [0, 0.05) is 32.2 Å². The highest BCUT2D eigenvalue weighted by Crippen LogP contribution is 2.14. The highest BCUT2D eigenvalue weighted by molar-refractivity contribution is 4.81. The van der Waals surface area contributed by atoms with Gasteiger partial charge in [-0.05, 0) is 20.3 Å². The van der Waals surface area contributed by atoms with Gasteiger partial charge in [-0.2, -0.15) is 0 Å². The lowest BCUT2D eigenvalue weighted by Crippen LogP contribution is -2.40. The van der Waals surface area contributed by atoms with Gasteiger partial charge in [0.05, 0.1) is 0 Å². The Morgan fingerprint density at radius 1 is 1.55 bits per heavy atom. The van der Waals surface area contributed by atoms with Gasteiger partial charge in [-0.1, -0.05) is 0 Å². The molecule has 66 valence electrons. The van der Waals surface area contributed by atoms with Crippen molar-refractivity contribution in [1.82, 2.24) is 9.91 Å². The number of rotatable bonds is 2. The van der Waals surface area contributed by atoms with Crippen LogP contribution in [0.3, 0.4) is 0 Å². The van der Waals surface area contributed by atoms with E-state index in [1.807, 2.05) is 12.1 Å². The lowest BCUT2D eigenvalue weighted by Gasteiger charge is -2.22. The molecule has 2 N–H and O–H groups in total. The van der Waals surface area contributed by atoms with Gasteiger partial charge in [-0.3, -0.25) is 10.7 Å².